The Morgan fingerprint density at radius 1 is 1.42 bits per heavy atom. The van der Waals surface area contributed by atoms with Crippen molar-refractivity contribution in [2.45, 2.75) is 31.3 Å². The van der Waals surface area contributed by atoms with E-state index in [1.54, 1.807) is 0 Å². The summed E-state index contributed by atoms with van der Waals surface area (Å²) in [6, 6.07) is 9.54. The molecule has 1 aliphatic heterocycles. The Bertz CT molecular complexity index is 409. The van der Waals surface area contributed by atoms with Crippen LogP contribution in [0, 0.1) is 0 Å². The quantitative estimate of drug-likeness (QED) is 0.757. The summed E-state index contributed by atoms with van der Waals surface area (Å²) in [6.07, 6.45) is -0.787. The van der Waals surface area contributed by atoms with Gasteiger partial charge in [-0.1, -0.05) is 30.3 Å². The van der Waals surface area contributed by atoms with Crippen molar-refractivity contribution in [3.8, 4) is 0 Å². The number of aliphatic hydroxyl groups excluding tert-OH is 1. The van der Waals surface area contributed by atoms with Gasteiger partial charge >= 0.3 is 5.97 Å². The number of rotatable bonds is 5. The molecule has 2 rings (SSSR count). The molecule has 1 saturated heterocycles. The van der Waals surface area contributed by atoms with Crippen LogP contribution in [0.4, 0.5) is 0 Å². The number of benzene rings is 1. The molecule has 1 aromatic rings. The largest absolute Gasteiger partial charge is 0.469 e. The number of hydrogen-bond donors (Lipinski definition) is 2. The number of carbonyl (C=O) groups is 1. The first kappa shape index (κ1) is 14.0. The lowest BCUT2D eigenvalue weighted by molar-refractivity contribution is -0.142. The molecule has 0 spiro atoms. The zero-order valence-corrected chi connectivity index (χ0v) is 10.9. The normalized spacial score (nSPS) is 26.3. The van der Waals surface area contributed by atoms with Crippen molar-refractivity contribution in [3.05, 3.63) is 35.9 Å². The molecule has 1 aromatic carbocycles. The SMILES string of the molecule is COC(=O)C[C@@H]1NC[C@@H](O)[C@H]1OCc1ccccc1. The summed E-state index contributed by atoms with van der Waals surface area (Å²) in [5, 5.41) is 13.0. The lowest BCUT2D eigenvalue weighted by Gasteiger charge is -2.21. The van der Waals surface area contributed by atoms with E-state index in [2.05, 4.69) is 10.1 Å². The van der Waals surface area contributed by atoms with Gasteiger partial charge in [-0.25, -0.2) is 0 Å². The van der Waals surface area contributed by atoms with Crippen molar-refractivity contribution < 1.29 is 19.4 Å². The molecule has 0 radical (unpaired) electrons. The Balaban J connectivity index is 1.90. The van der Waals surface area contributed by atoms with E-state index in [0.717, 1.165) is 5.56 Å². The van der Waals surface area contributed by atoms with Gasteiger partial charge in [0.15, 0.2) is 0 Å². The van der Waals surface area contributed by atoms with Crippen LogP contribution in [0.1, 0.15) is 12.0 Å². The molecule has 0 aliphatic carbocycles. The van der Waals surface area contributed by atoms with Gasteiger partial charge in [0.05, 0.1) is 26.2 Å². The van der Waals surface area contributed by atoms with E-state index in [1.807, 2.05) is 30.3 Å². The van der Waals surface area contributed by atoms with Crippen LogP contribution in [-0.2, 0) is 20.9 Å². The van der Waals surface area contributed by atoms with Crippen LogP contribution in [0.3, 0.4) is 0 Å². The Hall–Kier alpha value is -1.43. The summed E-state index contributed by atoms with van der Waals surface area (Å²) in [6.45, 7) is 0.850. The van der Waals surface area contributed by atoms with Gasteiger partial charge in [0.1, 0.15) is 6.10 Å². The maximum absolute atomic E-state index is 11.3. The molecule has 1 aliphatic rings. The van der Waals surface area contributed by atoms with Crippen LogP contribution in [0.5, 0.6) is 0 Å². The van der Waals surface area contributed by atoms with Gasteiger partial charge in [-0.2, -0.15) is 0 Å². The van der Waals surface area contributed by atoms with E-state index in [-0.39, 0.29) is 24.5 Å². The Kier molecular flexibility index (Phi) is 4.90. The summed E-state index contributed by atoms with van der Waals surface area (Å²) in [5.74, 6) is -0.306. The summed E-state index contributed by atoms with van der Waals surface area (Å²) in [5.41, 5.74) is 1.04. The fourth-order valence-electron chi connectivity index (χ4n) is 2.22. The highest BCUT2D eigenvalue weighted by atomic mass is 16.5. The van der Waals surface area contributed by atoms with Crippen molar-refractivity contribution in [2.75, 3.05) is 13.7 Å². The smallest absolute Gasteiger partial charge is 0.307 e. The first-order valence-electron chi connectivity index (χ1n) is 6.34. The maximum Gasteiger partial charge on any atom is 0.307 e. The van der Waals surface area contributed by atoms with Gasteiger partial charge in [-0.3, -0.25) is 4.79 Å². The van der Waals surface area contributed by atoms with Crippen LogP contribution in [0.25, 0.3) is 0 Å². The standard InChI is InChI=1S/C14H19NO4/c1-18-13(17)7-11-14(12(16)8-15-11)19-9-10-5-3-2-4-6-10/h2-6,11-12,14-16H,7-9H2,1H3/t11-,12+,14-/m0/s1. The Morgan fingerprint density at radius 3 is 2.84 bits per heavy atom. The molecule has 104 valence electrons. The molecule has 3 atom stereocenters. The number of ether oxygens (including phenoxy) is 2. The number of aliphatic hydroxyl groups is 1. The minimum absolute atomic E-state index is 0.201. The fourth-order valence-corrected chi connectivity index (χ4v) is 2.22. The third kappa shape index (κ3) is 3.76. The van der Waals surface area contributed by atoms with Crippen molar-refractivity contribution in [2.24, 2.45) is 0 Å². The molecule has 0 saturated carbocycles. The average molecular weight is 265 g/mol. The maximum atomic E-state index is 11.3. The lowest BCUT2D eigenvalue weighted by atomic mass is 10.1. The third-order valence-corrected chi connectivity index (χ3v) is 3.26. The Labute approximate surface area is 112 Å². The summed E-state index contributed by atoms with van der Waals surface area (Å²) in [7, 11) is 1.35. The third-order valence-electron chi connectivity index (χ3n) is 3.26. The number of methoxy groups -OCH3 is 1. The number of nitrogens with one attached hydrogen (secondary N) is 1. The van der Waals surface area contributed by atoms with Crippen LogP contribution < -0.4 is 5.32 Å². The van der Waals surface area contributed by atoms with Gasteiger partial charge in [0.25, 0.3) is 0 Å². The second-order valence-corrected chi connectivity index (χ2v) is 4.62. The van der Waals surface area contributed by atoms with Gasteiger partial charge in [-0.15, -0.1) is 0 Å². The zero-order valence-electron chi connectivity index (χ0n) is 10.9. The fraction of sp³-hybridized carbons (Fsp3) is 0.500. The highest BCUT2D eigenvalue weighted by Gasteiger charge is 2.36. The van der Waals surface area contributed by atoms with E-state index < -0.39 is 6.10 Å². The van der Waals surface area contributed by atoms with Crippen molar-refractivity contribution >= 4 is 5.97 Å². The predicted octanol–water partition coefficient (Wildman–Crippen LogP) is 0.468. The van der Waals surface area contributed by atoms with Crippen LogP contribution in [0.15, 0.2) is 30.3 Å². The Morgan fingerprint density at radius 2 is 2.16 bits per heavy atom. The second-order valence-electron chi connectivity index (χ2n) is 4.62. The topological polar surface area (TPSA) is 67.8 Å². The number of esters is 1. The molecule has 0 unspecified atom stereocenters. The van der Waals surface area contributed by atoms with Gasteiger partial charge < -0.3 is 19.9 Å². The highest BCUT2D eigenvalue weighted by Crippen LogP contribution is 2.17. The minimum Gasteiger partial charge on any atom is -0.469 e. The first-order chi connectivity index (χ1) is 9.20. The lowest BCUT2D eigenvalue weighted by Crippen LogP contribution is -2.37. The summed E-state index contributed by atoms with van der Waals surface area (Å²) in [4.78, 5) is 11.3. The van der Waals surface area contributed by atoms with E-state index in [1.165, 1.54) is 7.11 Å². The van der Waals surface area contributed by atoms with Crippen molar-refractivity contribution in [1.29, 1.82) is 0 Å². The van der Waals surface area contributed by atoms with E-state index in [0.29, 0.717) is 13.2 Å². The molecular weight excluding hydrogens is 246 g/mol. The highest BCUT2D eigenvalue weighted by molar-refractivity contribution is 5.70. The molecule has 19 heavy (non-hydrogen) atoms. The predicted molar refractivity (Wildman–Crippen MR) is 69.4 cm³/mol. The van der Waals surface area contributed by atoms with Gasteiger partial charge in [0.2, 0.25) is 0 Å². The molecule has 5 heteroatoms. The molecule has 2 N–H and O–H groups in total. The average Bonchev–Trinajstić information content (AvgIpc) is 2.78. The zero-order chi connectivity index (χ0) is 13.7. The monoisotopic (exact) mass is 265 g/mol. The molecule has 0 amide bonds. The summed E-state index contributed by atoms with van der Waals surface area (Å²) >= 11 is 0. The van der Waals surface area contributed by atoms with E-state index in [4.69, 9.17) is 4.74 Å². The second kappa shape index (κ2) is 6.65. The van der Waals surface area contributed by atoms with Crippen LogP contribution in [0.2, 0.25) is 0 Å². The van der Waals surface area contributed by atoms with Crippen LogP contribution >= 0.6 is 0 Å². The van der Waals surface area contributed by atoms with E-state index >= 15 is 0 Å². The molecule has 0 aromatic heterocycles. The van der Waals surface area contributed by atoms with E-state index in [9.17, 15) is 9.90 Å². The van der Waals surface area contributed by atoms with Crippen molar-refractivity contribution in [1.82, 2.24) is 5.32 Å². The first-order valence-corrected chi connectivity index (χ1v) is 6.34. The summed E-state index contributed by atoms with van der Waals surface area (Å²) < 4.78 is 10.4. The number of hydrogen-bond acceptors (Lipinski definition) is 5. The minimum atomic E-state index is -0.599. The molecular formula is C14H19NO4. The number of β-amino-alcohol motifs (C(OH)–C–C–N with tert-alkyl or cyclic N) is 1. The molecule has 5 nitrogen and oxygen atoms in total. The van der Waals surface area contributed by atoms with Gasteiger partial charge in [0, 0.05) is 12.6 Å². The molecule has 0 bridgehead atoms. The van der Waals surface area contributed by atoms with Gasteiger partial charge in [-0.05, 0) is 5.56 Å². The molecule has 1 fully saturated rings. The molecule has 1 heterocycles. The number of carbonyl (C=O) groups excluding carboxylic acids is 1. The van der Waals surface area contributed by atoms with Crippen molar-refractivity contribution in [3.63, 3.8) is 0 Å². The van der Waals surface area contributed by atoms with Crippen LogP contribution in [-0.4, -0.2) is 43.0 Å².